The predicted octanol–water partition coefficient (Wildman–Crippen LogP) is 3.47. The normalized spacial score (nSPS) is 14.4. The van der Waals surface area contributed by atoms with Gasteiger partial charge in [-0.05, 0) is 18.2 Å². The Kier molecular flexibility index (Phi) is 5.29. The van der Waals surface area contributed by atoms with Gasteiger partial charge in [-0.3, -0.25) is 4.79 Å². The molecule has 142 valence electrons. The van der Waals surface area contributed by atoms with Gasteiger partial charge in [0.2, 0.25) is 5.91 Å². The minimum absolute atomic E-state index is 0.0218. The van der Waals surface area contributed by atoms with Crippen molar-refractivity contribution in [2.75, 3.05) is 18.5 Å². The van der Waals surface area contributed by atoms with Crippen LogP contribution in [0.3, 0.4) is 0 Å². The highest BCUT2D eigenvalue weighted by Crippen LogP contribution is 2.18. The standard InChI is InChI=1S/C18H15F4N3O2/c19-12-2-1-11(15(21)7-12)9-25-10-24(6-5-17(25)26)18(27)23-13-3-4-14(20)16(22)8-13/h1-4,7-8H,5-6,9-10H2,(H,23,27). The van der Waals surface area contributed by atoms with Crippen molar-refractivity contribution in [2.45, 2.75) is 13.0 Å². The maximum absolute atomic E-state index is 13.8. The molecule has 1 aliphatic heterocycles. The molecule has 0 saturated carbocycles. The van der Waals surface area contributed by atoms with Gasteiger partial charge in [0.15, 0.2) is 11.6 Å². The number of nitrogens with zero attached hydrogens (tertiary/aromatic N) is 2. The lowest BCUT2D eigenvalue weighted by atomic mass is 10.1. The molecule has 0 unspecified atom stereocenters. The van der Waals surface area contributed by atoms with Gasteiger partial charge in [0.1, 0.15) is 11.6 Å². The number of benzene rings is 2. The van der Waals surface area contributed by atoms with Crippen molar-refractivity contribution in [2.24, 2.45) is 0 Å². The fourth-order valence-electron chi connectivity index (χ4n) is 2.68. The first kappa shape index (κ1) is 18.7. The molecular weight excluding hydrogens is 366 g/mol. The summed E-state index contributed by atoms with van der Waals surface area (Å²) < 4.78 is 53.0. The molecule has 0 aromatic heterocycles. The maximum atomic E-state index is 13.8. The van der Waals surface area contributed by atoms with E-state index in [1.165, 1.54) is 21.9 Å². The van der Waals surface area contributed by atoms with Crippen molar-refractivity contribution in [3.05, 3.63) is 65.2 Å². The van der Waals surface area contributed by atoms with Crippen LogP contribution in [0.2, 0.25) is 0 Å². The average Bonchev–Trinajstić information content (AvgIpc) is 2.62. The molecule has 9 heteroatoms. The van der Waals surface area contributed by atoms with E-state index in [-0.39, 0.29) is 43.3 Å². The molecule has 2 aromatic rings. The van der Waals surface area contributed by atoms with Crippen LogP contribution >= 0.6 is 0 Å². The van der Waals surface area contributed by atoms with Gasteiger partial charge in [-0.15, -0.1) is 0 Å². The zero-order valence-electron chi connectivity index (χ0n) is 14.0. The predicted molar refractivity (Wildman–Crippen MR) is 88.5 cm³/mol. The first-order valence-corrected chi connectivity index (χ1v) is 8.06. The topological polar surface area (TPSA) is 52.7 Å². The van der Waals surface area contributed by atoms with E-state index in [2.05, 4.69) is 5.32 Å². The van der Waals surface area contributed by atoms with Gasteiger partial charge in [-0.1, -0.05) is 6.07 Å². The summed E-state index contributed by atoms with van der Waals surface area (Å²) in [6.07, 6.45) is 0.0218. The molecule has 0 aliphatic carbocycles. The van der Waals surface area contributed by atoms with Crippen LogP contribution in [-0.2, 0) is 11.3 Å². The summed E-state index contributed by atoms with van der Waals surface area (Å²) in [6.45, 7) is -0.123. The van der Waals surface area contributed by atoms with Crippen LogP contribution in [0.1, 0.15) is 12.0 Å². The zero-order chi connectivity index (χ0) is 19.6. The van der Waals surface area contributed by atoms with Crippen molar-refractivity contribution in [1.82, 2.24) is 9.80 Å². The van der Waals surface area contributed by atoms with Crippen LogP contribution in [0.4, 0.5) is 28.0 Å². The van der Waals surface area contributed by atoms with Crippen LogP contribution < -0.4 is 5.32 Å². The molecule has 1 N–H and O–H groups in total. The minimum Gasteiger partial charge on any atom is -0.320 e. The second-order valence-electron chi connectivity index (χ2n) is 6.04. The van der Waals surface area contributed by atoms with Crippen LogP contribution in [0, 0.1) is 23.3 Å². The third-order valence-corrected chi connectivity index (χ3v) is 4.12. The van der Waals surface area contributed by atoms with E-state index in [0.717, 1.165) is 24.3 Å². The largest absolute Gasteiger partial charge is 0.323 e. The number of anilines is 1. The monoisotopic (exact) mass is 381 g/mol. The second-order valence-corrected chi connectivity index (χ2v) is 6.04. The van der Waals surface area contributed by atoms with Crippen molar-refractivity contribution < 1.29 is 27.2 Å². The molecule has 27 heavy (non-hydrogen) atoms. The van der Waals surface area contributed by atoms with Crippen molar-refractivity contribution in [1.29, 1.82) is 0 Å². The fraction of sp³-hybridized carbons (Fsp3) is 0.222. The van der Waals surface area contributed by atoms with Crippen LogP contribution in [0.25, 0.3) is 0 Å². The highest BCUT2D eigenvalue weighted by molar-refractivity contribution is 5.90. The number of urea groups is 1. The van der Waals surface area contributed by atoms with Gasteiger partial charge in [-0.25, -0.2) is 22.4 Å². The molecule has 0 bridgehead atoms. The van der Waals surface area contributed by atoms with E-state index < -0.39 is 29.3 Å². The zero-order valence-corrected chi connectivity index (χ0v) is 14.0. The highest BCUT2D eigenvalue weighted by atomic mass is 19.2. The van der Waals surface area contributed by atoms with Crippen molar-refractivity contribution in [3.63, 3.8) is 0 Å². The van der Waals surface area contributed by atoms with E-state index >= 15 is 0 Å². The van der Waals surface area contributed by atoms with E-state index in [9.17, 15) is 27.2 Å². The molecule has 1 heterocycles. The van der Waals surface area contributed by atoms with E-state index in [1.807, 2.05) is 0 Å². The second kappa shape index (κ2) is 7.65. The Balaban J connectivity index is 1.67. The number of hydrogen-bond acceptors (Lipinski definition) is 2. The van der Waals surface area contributed by atoms with E-state index in [1.54, 1.807) is 0 Å². The molecule has 1 fully saturated rings. The molecule has 1 aliphatic rings. The summed E-state index contributed by atoms with van der Waals surface area (Å²) in [6, 6.07) is 5.35. The summed E-state index contributed by atoms with van der Waals surface area (Å²) in [5, 5.41) is 2.42. The first-order valence-electron chi connectivity index (χ1n) is 8.06. The van der Waals surface area contributed by atoms with Gasteiger partial charge in [0, 0.05) is 36.3 Å². The lowest BCUT2D eigenvalue weighted by Crippen LogP contribution is -2.51. The number of nitrogens with one attached hydrogen (secondary N) is 1. The lowest BCUT2D eigenvalue weighted by Gasteiger charge is -2.35. The average molecular weight is 381 g/mol. The molecule has 3 rings (SSSR count). The van der Waals surface area contributed by atoms with Gasteiger partial charge in [0.05, 0.1) is 13.2 Å². The fourth-order valence-corrected chi connectivity index (χ4v) is 2.68. The van der Waals surface area contributed by atoms with Gasteiger partial charge < -0.3 is 15.1 Å². The highest BCUT2D eigenvalue weighted by Gasteiger charge is 2.27. The van der Waals surface area contributed by atoms with E-state index in [0.29, 0.717) is 0 Å². The summed E-state index contributed by atoms with van der Waals surface area (Å²) in [7, 11) is 0. The number of hydrogen-bond donors (Lipinski definition) is 1. The van der Waals surface area contributed by atoms with Crippen molar-refractivity contribution in [3.8, 4) is 0 Å². The lowest BCUT2D eigenvalue weighted by molar-refractivity contribution is -0.137. The quantitative estimate of drug-likeness (QED) is 0.828. The van der Waals surface area contributed by atoms with Gasteiger partial charge >= 0.3 is 6.03 Å². The van der Waals surface area contributed by atoms with Crippen LogP contribution in [0.5, 0.6) is 0 Å². The number of rotatable bonds is 3. The molecule has 1 saturated heterocycles. The Morgan fingerprint density at radius 2 is 1.78 bits per heavy atom. The van der Waals surface area contributed by atoms with E-state index in [4.69, 9.17) is 0 Å². The minimum atomic E-state index is -1.10. The number of carbonyl (C=O) groups excluding carboxylic acids is 2. The number of carbonyl (C=O) groups is 2. The van der Waals surface area contributed by atoms with Gasteiger partial charge in [0.25, 0.3) is 0 Å². The summed E-state index contributed by atoms with van der Waals surface area (Å²) in [5.74, 6) is -3.94. The third-order valence-electron chi connectivity index (χ3n) is 4.12. The molecule has 0 radical (unpaired) electrons. The summed E-state index contributed by atoms with van der Waals surface area (Å²) in [4.78, 5) is 26.9. The van der Waals surface area contributed by atoms with Crippen LogP contribution in [-0.4, -0.2) is 35.0 Å². The molecule has 0 spiro atoms. The Labute approximate surface area is 152 Å². The Hall–Kier alpha value is -3.10. The molecular formula is C18H15F4N3O2. The number of halogens is 4. The smallest absolute Gasteiger partial charge is 0.320 e. The Morgan fingerprint density at radius 1 is 1.00 bits per heavy atom. The molecule has 2 aromatic carbocycles. The Bertz CT molecular complexity index is 891. The summed E-state index contributed by atoms with van der Waals surface area (Å²) >= 11 is 0. The maximum Gasteiger partial charge on any atom is 0.323 e. The molecule has 5 nitrogen and oxygen atoms in total. The first-order chi connectivity index (χ1) is 12.8. The van der Waals surface area contributed by atoms with Crippen LogP contribution in [0.15, 0.2) is 36.4 Å². The van der Waals surface area contributed by atoms with Gasteiger partial charge in [-0.2, -0.15) is 0 Å². The Morgan fingerprint density at radius 3 is 2.48 bits per heavy atom. The summed E-state index contributed by atoms with van der Waals surface area (Å²) in [5.41, 5.74) is 0.180. The SMILES string of the molecule is O=C1CCN(C(=O)Nc2ccc(F)c(F)c2)CN1Cc1ccc(F)cc1F. The third kappa shape index (κ3) is 4.36. The molecule has 3 amide bonds. The number of amides is 3. The molecule has 0 atom stereocenters. The van der Waals surface area contributed by atoms with Crippen molar-refractivity contribution >= 4 is 17.6 Å².